The molecule has 1 aliphatic rings. The number of methoxy groups -OCH3 is 2. The van der Waals surface area contributed by atoms with E-state index < -0.39 is 0 Å². The number of carbonyl (C=O) groups excluding carboxylic acids is 1. The molecule has 8 heteroatoms. The molecule has 0 unspecified atom stereocenters. The Morgan fingerprint density at radius 2 is 1.77 bits per heavy atom. The van der Waals surface area contributed by atoms with Crippen LogP contribution in [-0.4, -0.2) is 41.2 Å². The van der Waals surface area contributed by atoms with Crippen LogP contribution in [0.1, 0.15) is 34.7 Å². The Labute approximate surface area is 264 Å². The molecule has 1 atom stereocenters. The van der Waals surface area contributed by atoms with Gasteiger partial charge in [0.1, 0.15) is 0 Å². The van der Waals surface area contributed by atoms with E-state index in [4.69, 9.17) is 14.6 Å². The topological polar surface area (TPSA) is 56.1 Å². The Morgan fingerprint density at radius 1 is 0.977 bits per heavy atom. The Kier molecular flexibility index (Phi) is 8.58. The van der Waals surface area contributed by atoms with Crippen molar-refractivity contribution in [3.05, 3.63) is 124 Å². The van der Waals surface area contributed by atoms with Crippen LogP contribution in [0.3, 0.4) is 0 Å². The first-order chi connectivity index (χ1) is 20.9. The molecule has 0 aliphatic carbocycles. The third-order valence-electron chi connectivity index (χ3n) is 7.67. The second-order valence-corrected chi connectivity index (χ2v) is 12.4. The monoisotopic (exact) mass is 653 g/mol. The van der Waals surface area contributed by atoms with Gasteiger partial charge in [0.25, 0.3) is 5.91 Å². The fourth-order valence-corrected chi connectivity index (χ4v) is 6.85. The molecule has 1 aliphatic heterocycles. The number of aryl methyl sites for hydroxylation is 1. The molecule has 6 nitrogen and oxygen atoms in total. The molecule has 0 N–H and O–H groups in total. The zero-order chi connectivity index (χ0) is 29.9. The highest BCUT2D eigenvalue weighted by atomic mass is 79.9. The van der Waals surface area contributed by atoms with Crippen LogP contribution < -0.4 is 9.47 Å². The molecule has 0 fully saturated rings. The summed E-state index contributed by atoms with van der Waals surface area (Å²) in [6, 6.07) is 30.4. The molecule has 0 saturated carbocycles. The van der Waals surface area contributed by atoms with E-state index in [0.717, 1.165) is 43.7 Å². The van der Waals surface area contributed by atoms with Crippen LogP contribution >= 0.6 is 27.7 Å². The maximum absolute atomic E-state index is 14.0. The number of aromatic nitrogens is 1. The predicted molar refractivity (Wildman–Crippen MR) is 177 cm³/mol. The Bertz CT molecular complexity index is 1820. The average Bonchev–Trinajstić information content (AvgIpc) is 3.62. The van der Waals surface area contributed by atoms with Gasteiger partial charge in [-0.3, -0.25) is 4.79 Å². The fraction of sp³-hybridized carbons (Fsp3) is 0.200. The van der Waals surface area contributed by atoms with Crippen LogP contribution in [0.5, 0.6) is 11.5 Å². The van der Waals surface area contributed by atoms with Crippen molar-refractivity contribution in [2.75, 3.05) is 20.0 Å². The van der Waals surface area contributed by atoms with Gasteiger partial charge in [-0.05, 0) is 42.3 Å². The first-order valence-electron chi connectivity index (χ1n) is 14.1. The molecule has 1 amide bonds. The molecule has 218 valence electrons. The minimum atomic E-state index is -0.320. The molecule has 0 spiro atoms. The second-order valence-electron chi connectivity index (χ2n) is 10.5. The second kappa shape index (κ2) is 12.7. The Hall–Kier alpha value is -4.01. The number of rotatable bonds is 9. The number of hydrazone groups is 1. The van der Waals surface area contributed by atoms with Crippen LogP contribution in [0.2, 0.25) is 0 Å². The lowest BCUT2D eigenvalue weighted by Crippen LogP contribution is -2.28. The maximum Gasteiger partial charge on any atom is 0.253 e. The van der Waals surface area contributed by atoms with Crippen LogP contribution in [0.4, 0.5) is 0 Å². The van der Waals surface area contributed by atoms with Crippen molar-refractivity contribution in [1.82, 2.24) is 9.58 Å². The van der Waals surface area contributed by atoms with Gasteiger partial charge in [0.2, 0.25) is 0 Å². The van der Waals surface area contributed by atoms with Gasteiger partial charge in [-0.25, -0.2) is 5.01 Å². The van der Waals surface area contributed by atoms with Crippen LogP contribution in [0.15, 0.2) is 112 Å². The van der Waals surface area contributed by atoms with Crippen molar-refractivity contribution >= 4 is 50.2 Å². The molecular weight excluding hydrogens is 622 g/mol. The summed E-state index contributed by atoms with van der Waals surface area (Å²) in [5.41, 5.74) is 6.34. The molecule has 43 heavy (non-hydrogen) atoms. The lowest BCUT2D eigenvalue weighted by atomic mass is 9.97. The van der Waals surface area contributed by atoms with E-state index in [1.54, 1.807) is 31.0 Å². The van der Waals surface area contributed by atoms with E-state index in [-0.39, 0.29) is 17.7 Å². The molecule has 0 radical (unpaired) electrons. The lowest BCUT2D eigenvalue weighted by Gasteiger charge is -2.24. The van der Waals surface area contributed by atoms with Crippen LogP contribution in [-0.2, 0) is 11.3 Å². The normalized spacial score (nSPS) is 14.7. The highest BCUT2D eigenvalue weighted by molar-refractivity contribution is 9.10. The average molecular weight is 655 g/mol. The summed E-state index contributed by atoms with van der Waals surface area (Å²) < 4.78 is 14.6. The molecule has 0 saturated heterocycles. The number of hydrogen-bond donors (Lipinski definition) is 0. The summed E-state index contributed by atoms with van der Waals surface area (Å²) in [6.07, 6.45) is 2.73. The molecule has 0 bridgehead atoms. The summed E-state index contributed by atoms with van der Waals surface area (Å²) >= 11 is 5.07. The Morgan fingerprint density at radius 3 is 2.53 bits per heavy atom. The summed E-state index contributed by atoms with van der Waals surface area (Å²) in [6.45, 7) is 2.88. The molecule has 1 aromatic heterocycles. The number of halogens is 1. The van der Waals surface area contributed by atoms with Gasteiger partial charge in [0.15, 0.2) is 11.5 Å². The van der Waals surface area contributed by atoms with Gasteiger partial charge in [0.05, 0.1) is 31.7 Å². The third kappa shape index (κ3) is 6.08. The van der Waals surface area contributed by atoms with Crippen LogP contribution in [0, 0.1) is 6.92 Å². The number of thioether (sulfide) groups is 1. The molecule has 2 heterocycles. The molecule has 5 aromatic rings. The standard InChI is InChI=1S/C35H32BrN3O3S/c1-23-8-6-9-24(18-23)20-38-21-33(27-10-4-5-12-30(27)38)43-22-34(40)39-31(28-11-7-13-32(41-2)35(28)42-3)19-29(37-39)25-14-16-26(36)17-15-25/h4-18,21,31H,19-20,22H2,1-3H3/t31-/m1/s1. The first kappa shape index (κ1) is 29.1. The van der Waals surface area contributed by atoms with Crippen LogP contribution in [0.25, 0.3) is 10.9 Å². The quantitative estimate of drug-likeness (QED) is 0.150. The van der Waals surface area contributed by atoms with Gasteiger partial charge < -0.3 is 14.0 Å². The number of carbonyl (C=O) groups is 1. The zero-order valence-corrected chi connectivity index (χ0v) is 26.7. The van der Waals surface area contributed by atoms with Gasteiger partial charge in [-0.15, -0.1) is 11.8 Å². The van der Waals surface area contributed by atoms with Crippen molar-refractivity contribution in [3.8, 4) is 11.5 Å². The van der Waals surface area contributed by atoms with Gasteiger partial charge in [-0.2, -0.15) is 5.10 Å². The number of ether oxygens (including phenoxy) is 2. The highest BCUT2D eigenvalue weighted by Gasteiger charge is 2.35. The number of para-hydroxylation sites is 2. The minimum Gasteiger partial charge on any atom is -0.493 e. The first-order valence-corrected chi connectivity index (χ1v) is 15.9. The number of amides is 1. The van der Waals surface area contributed by atoms with Gasteiger partial charge in [0, 0.05) is 45.0 Å². The van der Waals surface area contributed by atoms with Crippen molar-refractivity contribution in [2.24, 2.45) is 5.10 Å². The summed E-state index contributed by atoms with van der Waals surface area (Å²) in [5.74, 6) is 1.42. The zero-order valence-electron chi connectivity index (χ0n) is 24.3. The maximum atomic E-state index is 14.0. The van der Waals surface area contributed by atoms with E-state index >= 15 is 0 Å². The van der Waals surface area contributed by atoms with Crippen molar-refractivity contribution in [3.63, 3.8) is 0 Å². The van der Waals surface area contributed by atoms with E-state index in [9.17, 15) is 4.79 Å². The molecule has 4 aromatic carbocycles. The number of benzene rings is 4. The highest BCUT2D eigenvalue weighted by Crippen LogP contribution is 2.42. The van der Waals surface area contributed by atoms with Gasteiger partial charge >= 0.3 is 0 Å². The smallest absolute Gasteiger partial charge is 0.253 e. The van der Waals surface area contributed by atoms with Crippen molar-refractivity contribution in [2.45, 2.75) is 30.8 Å². The summed E-state index contributed by atoms with van der Waals surface area (Å²) in [7, 11) is 3.25. The summed E-state index contributed by atoms with van der Waals surface area (Å²) in [5, 5.41) is 7.66. The number of fused-ring (bicyclic) bond motifs is 1. The number of nitrogens with zero attached hydrogens (tertiary/aromatic N) is 3. The van der Waals surface area contributed by atoms with Crippen molar-refractivity contribution < 1.29 is 14.3 Å². The predicted octanol–water partition coefficient (Wildman–Crippen LogP) is 8.25. The largest absolute Gasteiger partial charge is 0.493 e. The van der Waals surface area contributed by atoms with E-state index in [0.29, 0.717) is 17.9 Å². The van der Waals surface area contributed by atoms with E-state index in [2.05, 4.69) is 76.1 Å². The van der Waals surface area contributed by atoms with E-state index in [1.165, 1.54) is 11.1 Å². The molecular formula is C35H32BrN3O3S. The Balaban J connectivity index is 1.30. The number of hydrogen-bond acceptors (Lipinski definition) is 5. The lowest BCUT2D eigenvalue weighted by molar-refractivity contribution is -0.130. The summed E-state index contributed by atoms with van der Waals surface area (Å²) in [4.78, 5) is 15.0. The van der Waals surface area contributed by atoms with E-state index in [1.807, 2.05) is 48.5 Å². The fourth-order valence-electron chi connectivity index (χ4n) is 5.65. The molecule has 6 rings (SSSR count). The SMILES string of the molecule is COc1cccc([C@H]2CC(c3ccc(Br)cc3)=NN2C(=O)CSc2cn(Cc3cccc(C)c3)c3ccccc23)c1OC. The van der Waals surface area contributed by atoms with Crippen molar-refractivity contribution in [1.29, 1.82) is 0 Å². The third-order valence-corrected chi connectivity index (χ3v) is 9.23. The van der Waals surface area contributed by atoms with Gasteiger partial charge in [-0.1, -0.05) is 88.2 Å². The minimum absolute atomic E-state index is 0.0671.